The molecule has 0 aliphatic carbocycles. The van der Waals surface area contributed by atoms with E-state index in [4.69, 9.17) is 0 Å². The van der Waals surface area contributed by atoms with E-state index in [-0.39, 0.29) is 0 Å². The van der Waals surface area contributed by atoms with Gasteiger partial charge < -0.3 is 0 Å². The third-order valence-electron chi connectivity index (χ3n) is 1.60. The Morgan fingerprint density at radius 3 is 2.27 bits per heavy atom. The minimum atomic E-state index is 0.808. The number of unbranched alkanes of at least 4 members (excludes halogenated alkanes) is 4. The second-order valence-corrected chi connectivity index (χ2v) is 4.87. The molecule has 0 aromatic carbocycles. The summed E-state index contributed by atoms with van der Waals surface area (Å²) in [5.74, 6) is 1.34. The SMILES string of the molecule is [CH2]CCCCCCSC(C)C. The molecule has 0 spiro atoms. The van der Waals surface area contributed by atoms with Crippen molar-refractivity contribution in [3.8, 4) is 0 Å². The van der Waals surface area contributed by atoms with Crippen LogP contribution in [0.15, 0.2) is 0 Å². The van der Waals surface area contributed by atoms with E-state index in [1.54, 1.807) is 0 Å². The molecule has 0 aromatic rings. The summed E-state index contributed by atoms with van der Waals surface area (Å²) >= 11 is 2.07. The summed E-state index contributed by atoms with van der Waals surface area (Å²) in [6.07, 6.45) is 6.59. The van der Waals surface area contributed by atoms with Crippen molar-refractivity contribution in [2.24, 2.45) is 0 Å². The van der Waals surface area contributed by atoms with Crippen LogP contribution in [0.5, 0.6) is 0 Å². The van der Waals surface area contributed by atoms with Crippen molar-refractivity contribution in [3.05, 3.63) is 6.92 Å². The summed E-state index contributed by atoms with van der Waals surface area (Å²) in [6.45, 7) is 8.36. The molecule has 0 aromatic heterocycles. The van der Waals surface area contributed by atoms with E-state index >= 15 is 0 Å². The van der Waals surface area contributed by atoms with Gasteiger partial charge in [0.05, 0.1) is 0 Å². The van der Waals surface area contributed by atoms with E-state index in [1.165, 1.54) is 31.4 Å². The highest BCUT2D eigenvalue weighted by atomic mass is 32.2. The summed E-state index contributed by atoms with van der Waals surface area (Å²) in [5.41, 5.74) is 0. The standard InChI is InChI=1S/C10H21S/c1-4-5-6-7-8-9-11-10(2)3/h10H,1,4-9H2,2-3H3. The predicted molar refractivity (Wildman–Crippen MR) is 56.0 cm³/mol. The summed E-state index contributed by atoms with van der Waals surface area (Å²) in [6, 6.07) is 0. The number of thioether (sulfide) groups is 1. The van der Waals surface area contributed by atoms with Gasteiger partial charge in [0.25, 0.3) is 0 Å². The lowest BCUT2D eigenvalue weighted by Gasteiger charge is -2.03. The Kier molecular flexibility index (Phi) is 8.72. The largest absolute Gasteiger partial charge is 0.159 e. The van der Waals surface area contributed by atoms with Crippen LogP contribution in [-0.4, -0.2) is 11.0 Å². The van der Waals surface area contributed by atoms with Crippen LogP contribution in [0.4, 0.5) is 0 Å². The lowest BCUT2D eigenvalue weighted by Crippen LogP contribution is -1.89. The Morgan fingerprint density at radius 1 is 1.09 bits per heavy atom. The molecular formula is C10H21S. The lowest BCUT2D eigenvalue weighted by atomic mass is 10.2. The topological polar surface area (TPSA) is 0 Å². The minimum Gasteiger partial charge on any atom is -0.159 e. The fraction of sp³-hybridized carbons (Fsp3) is 0.900. The summed E-state index contributed by atoms with van der Waals surface area (Å²) in [4.78, 5) is 0. The second-order valence-electron chi connectivity index (χ2n) is 3.19. The van der Waals surface area contributed by atoms with Gasteiger partial charge in [0.15, 0.2) is 0 Å². The number of rotatable bonds is 7. The molecule has 11 heavy (non-hydrogen) atoms. The normalized spacial score (nSPS) is 10.9. The van der Waals surface area contributed by atoms with Crippen molar-refractivity contribution in [1.29, 1.82) is 0 Å². The van der Waals surface area contributed by atoms with E-state index in [0.717, 1.165) is 11.7 Å². The van der Waals surface area contributed by atoms with E-state index in [9.17, 15) is 0 Å². The molecular weight excluding hydrogens is 152 g/mol. The Hall–Kier alpha value is 0.350. The zero-order valence-corrected chi connectivity index (χ0v) is 8.75. The van der Waals surface area contributed by atoms with Gasteiger partial charge in [-0.25, -0.2) is 0 Å². The fourth-order valence-electron chi connectivity index (χ4n) is 0.951. The molecule has 0 unspecified atom stereocenters. The summed E-state index contributed by atoms with van der Waals surface area (Å²) in [5, 5.41) is 0.808. The summed E-state index contributed by atoms with van der Waals surface area (Å²) in [7, 11) is 0. The molecule has 1 heteroatoms. The molecule has 0 bridgehead atoms. The quantitative estimate of drug-likeness (QED) is 0.526. The van der Waals surface area contributed by atoms with Crippen LogP contribution in [0.1, 0.15) is 46.0 Å². The first-order valence-electron chi connectivity index (χ1n) is 4.68. The monoisotopic (exact) mass is 173 g/mol. The number of hydrogen-bond donors (Lipinski definition) is 0. The zero-order chi connectivity index (χ0) is 8.53. The van der Waals surface area contributed by atoms with Crippen molar-refractivity contribution in [2.45, 2.75) is 51.2 Å². The van der Waals surface area contributed by atoms with Crippen LogP contribution in [0.25, 0.3) is 0 Å². The van der Waals surface area contributed by atoms with Gasteiger partial charge in [-0.2, -0.15) is 11.8 Å². The third-order valence-corrected chi connectivity index (χ3v) is 2.79. The highest BCUT2D eigenvalue weighted by molar-refractivity contribution is 7.99. The minimum absolute atomic E-state index is 0.808. The molecule has 0 fully saturated rings. The van der Waals surface area contributed by atoms with Crippen molar-refractivity contribution in [1.82, 2.24) is 0 Å². The highest BCUT2D eigenvalue weighted by Crippen LogP contribution is 2.12. The van der Waals surface area contributed by atoms with Crippen molar-refractivity contribution >= 4 is 11.8 Å². The third kappa shape index (κ3) is 10.4. The fourth-order valence-corrected chi connectivity index (χ4v) is 1.79. The van der Waals surface area contributed by atoms with Crippen molar-refractivity contribution in [3.63, 3.8) is 0 Å². The van der Waals surface area contributed by atoms with Gasteiger partial charge >= 0.3 is 0 Å². The molecule has 0 rings (SSSR count). The smallest absolute Gasteiger partial charge is 0.000968 e. The van der Waals surface area contributed by atoms with Crippen molar-refractivity contribution in [2.75, 3.05) is 5.75 Å². The van der Waals surface area contributed by atoms with E-state index in [0.29, 0.717) is 0 Å². The Labute approximate surface area is 76.1 Å². The average Bonchev–Trinajstić information content (AvgIpc) is 1.96. The van der Waals surface area contributed by atoms with Crippen molar-refractivity contribution < 1.29 is 0 Å². The van der Waals surface area contributed by atoms with Crippen LogP contribution >= 0.6 is 11.8 Å². The Balaban J connectivity index is 2.80. The predicted octanol–water partition coefficient (Wildman–Crippen LogP) is 3.91. The molecule has 0 heterocycles. The van der Waals surface area contributed by atoms with Crippen LogP contribution in [0, 0.1) is 6.92 Å². The molecule has 0 nitrogen and oxygen atoms in total. The Morgan fingerprint density at radius 2 is 1.73 bits per heavy atom. The molecule has 0 amide bonds. The average molecular weight is 173 g/mol. The lowest BCUT2D eigenvalue weighted by molar-refractivity contribution is 0.677. The van der Waals surface area contributed by atoms with Gasteiger partial charge in [-0.1, -0.05) is 46.5 Å². The Bertz CT molecular complexity index is 69.3. The van der Waals surface area contributed by atoms with Gasteiger partial charge in [0, 0.05) is 0 Å². The molecule has 0 N–H and O–H groups in total. The maximum absolute atomic E-state index is 3.83. The maximum Gasteiger partial charge on any atom is -0.000968 e. The first kappa shape index (κ1) is 11.4. The molecule has 0 saturated heterocycles. The molecule has 0 atom stereocenters. The van der Waals surface area contributed by atoms with Gasteiger partial charge in [-0.15, -0.1) is 0 Å². The van der Waals surface area contributed by atoms with Gasteiger partial charge in [-0.3, -0.25) is 0 Å². The molecule has 0 aliphatic heterocycles. The first-order valence-corrected chi connectivity index (χ1v) is 5.73. The summed E-state index contributed by atoms with van der Waals surface area (Å²) < 4.78 is 0. The van der Waals surface area contributed by atoms with E-state index in [2.05, 4.69) is 32.5 Å². The van der Waals surface area contributed by atoms with Crippen LogP contribution in [-0.2, 0) is 0 Å². The first-order chi connectivity index (χ1) is 5.27. The molecule has 67 valence electrons. The van der Waals surface area contributed by atoms with E-state index in [1.807, 2.05) is 0 Å². The molecule has 0 saturated carbocycles. The van der Waals surface area contributed by atoms with Gasteiger partial charge in [0.2, 0.25) is 0 Å². The number of hydrogen-bond acceptors (Lipinski definition) is 1. The van der Waals surface area contributed by atoms with Gasteiger partial charge in [-0.05, 0) is 17.4 Å². The maximum atomic E-state index is 3.83. The molecule has 0 aliphatic rings. The zero-order valence-electron chi connectivity index (χ0n) is 7.94. The van der Waals surface area contributed by atoms with E-state index < -0.39 is 0 Å². The van der Waals surface area contributed by atoms with Crippen LogP contribution < -0.4 is 0 Å². The van der Waals surface area contributed by atoms with Crippen LogP contribution in [0.2, 0.25) is 0 Å². The van der Waals surface area contributed by atoms with Gasteiger partial charge in [0.1, 0.15) is 0 Å². The van der Waals surface area contributed by atoms with Crippen LogP contribution in [0.3, 0.4) is 0 Å². The second kappa shape index (κ2) is 8.45. The highest BCUT2D eigenvalue weighted by Gasteiger charge is 1.93. The molecule has 1 radical (unpaired) electrons.